The highest BCUT2D eigenvalue weighted by atomic mass is 32.1. The third kappa shape index (κ3) is 2.93. The highest BCUT2D eigenvalue weighted by Gasteiger charge is 2.12. The fourth-order valence-corrected chi connectivity index (χ4v) is 3.51. The van der Waals surface area contributed by atoms with Crippen LogP contribution in [0.4, 0.5) is 0 Å². The molecule has 0 aliphatic heterocycles. The van der Waals surface area contributed by atoms with Gasteiger partial charge in [0, 0.05) is 10.1 Å². The van der Waals surface area contributed by atoms with Gasteiger partial charge in [0.15, 0.2) is 5.69 Å². The highest BCUT2D eigenvalue weighted by molar-refractivity contribution is 7.20. The summed E-state index contributed by atoms with van der Waals surface area (Å²) in [4.78, 5) is 27.4. The van der Waals surface area contributed by atoms with Crippen molar-refractivity contribution in [2.75, 3.05) is 0 Å². The molecule has 0 radical (unpaired) electrons. The number of rotatable bonds is 4. The second kappa shape index (κ2) is 5.63. The number of hydrogen-bond donors (Lipinski definition) is 2. The normalized spacial score (nSPS) is 10.7. The molecule has 7 heteroatoms. The Labute approximate surface area is 127 Å². The number of thiophene rings is 1. The molecule has 2 heterocycles. The van der Waals surface area contributed by atoms with Gasteiger partial charge in [0.25, 0.3) is 5.91 Å². The van der Waals surface area contributed by atoms with Crippen molar-refractivity contribution in [2.45, 2.75) is 6.54 Å². The zero-order valence-corrected chi connectivity index (χ0v) is 12.3. The smallest absolute Gasteiger partial charge is 0.355 e. The summed E-state index contributed by atoms with van der Waals surface area (Å²) < 4.78 is 1.06. The number of carboxylic acid groups (broad SMARTS) is 1. The number of amides is 1. The van der Waals surface area contributed by atoms with E-state index in [1.807, 2.05) is 30.3 Å². The molecule has 5 nitrogen and oxygen atoms in total. The fourth-order valence-electron chi connectivity index (χ4n) is 1.83. The van der Waals surface area contributed by atoms with E-state index in [1.165, 1.54) is 28.1 Å². The van der Waals surface area contributed by atoms with Gasteiger partial charge in [-0.15, -0.1) is 22.7 Å². The second-order valence-corrected chi connectivity index (χ2v) is 6.29. The Kier molecular flexibility index (Phi) is 3.68. The van der Waals surface area contributed by atoms with Crippen LogP contribution in [0.25, 0.3) is 10.1 Å². The lowest BCUT2D eigenvalue weighted by Crippen LogP contribution is -2.21. The summed E-state index contributed by atoms with van der Waals surface area (Å²) in [7, 11) is 0. The molecule has 1 aromatic carbocycles. The van der Waals surface area contributed by atoms with Crippen LogP contribution in [0.3, 0.4) is 0 Å². The van der Waals surface area contributed by atoms with Crippen molar-refractivity contribution in [3.63, 3.8) is 0 Å². The average Bonchev–Trinajstić information content (AvgIpc) is 3.11. The molecule has 0 spiro atoms. The maximum absolute atomic E-state index is 12.1. The Bertz CT molecular complexity index is 789. The molecule has 1 amide bonds. The first-order valence-electron chi connectivity index (χ1n) is 6.08. The van der Waals surface area contributed by atoms with Gasteiger partial charge in [-0.05, 0) is 17.5 Å². The average molecular weight is 318 g/mol. The number of aromatic nitrogens is 1. The van der Waals surface area contributed by atoms with Crippen LogP contribution < -0.4 is 5.32 Å². The van der Waals surface area contributed by atoms with Crippen molar-refractivity contribution >= 4 is 44.6 Å². The number of fused-ring (bicyclic) bond motifs is 1. The summed E-state index contributed by atoms with van der Waals surface area (Å²) in [6, 6.07) is 9.64. The van der Waals surface area contributed by atoms with Crippen LogP contribution in [0.5, 0.6) is 0 Å². The summed E-state index contributed by atoms with van der Waals surface area (Å²) in [5.74, 6) is -1.24. The number of carbonyl (C=O) groups excluding carboxylic acids is 1. The molecule has 21 heavy (non-hydrogen) atoms. The molecule has 0 bridgehead atoms. The van der Waals surface area contributed by atoms with E-state index in [4.69, 9.17) is 5.11 Å². The fraction of sp³-hybridized carbons (Fsp3) is 0.0714. The van der Waals surface area contributed by atoms with Crippen molar-refractivity contribution in [2.24, 2.45) is 0 Å². The van der Waals surface area contributed by atoms with Crippen LogP contribution in [0.2, 0.25) is 0 Å². The van der Waals surface area contributed by atoms with Crippen molar-refractivity contribution < 1.29 is 14.7 Å². The molecule has 0 saturated carbocycles. The molecule has 0 saturated heterocycles. The molecule has 106 valence electrons. The summed E-state index contributed by atoms with van der Waals surface area (Å²) in [6.45, 7) is 0.227. The Morgan fingerprint density at radius 2 is 2.10 bits per heavy atom. The lowest BCUT2D eigenvalue weighted by molar-refractivity contribution is 0.0691. The lowest BCUT2D eigenvalue weighted by atomic mass is 10.2. The molecule has 0 unspecified atom stereocenters. The number of carbonyl (C=O) groups is 2. The van der Waals surface area contributed by atoms with Gasteiger partial charge in [-0.1, -0.05) is 18.2 Å². The third-order valence-electron chi connectivity index (χ3n) is 2.82. The first-order valence-corrected chi connectivity index (χ1v) is 7.77. The number of nitrogens with zero attached hydrogens (tertiary/aromatic N) is 1. The van der Waals surface area contributed by atoms with E-state index in [0.29, 0.717) is 9.88 Å². The molecule has 0 aliphatic rings. The van der Waals surface area contributed by atoms with E-state index in [0.717, 1.165) is 10.1 Å². The van der Waals surface area contributed by atoms with E-state index in [9.17, 15) is 9.59 Å². The largest absolute Gasteiger partial charge is 0.476 e. The van der Waals surface area contributed by atoms with E-state index in [-0.39, 0.29) is 18.1 Å². The quantitative estimate of drug-likeness (QED) is 0.775. The minimum Gasteiger partial charge on any atom is -0.476 e. The van der Waals surface area contributed by atoms with Gasteiger partial charge in [-0.2, -0.15) is 0 Å². The molecular weight excluding hydrogens is 308 g/mol. The number of benzene rings is 1. The molecule has 2 aromatic heterocycles. The van der Waals surface area contributed by atoms with Crippen molar-refractivity contribution in [3.8, 4) is 0 Å². The maximum Gasteiger partial charge on any atom is 0.355 e. The molecule has 0 atom stereocenters. The Balaban J connectivity index is 1.69. The highest BCUT2D eigenvalue weighted by Crippen LogP contribution is 2.25. The number of nitrogens with one attached hydrogen (secondary N) is 1. The Morgan fingerprint density at radius 3 is 2.81 bits per heavy atom. The van der Waals surface area contributed by atoms with Crippen LogP contribution >= 0.6 is 22.7 Å². The van der Waals surface area contributed by atoms with Gasteiger partial charge >= 0.3 is 5.97 Å². The third-order valence-corrected chi connectivity index (χ3v) is 4.78. The predicted octanol–water partition coefficient (Wildman–Crippen LogP) is 2.99. The molecule has 0 fully saturated rings. The summed E-state index contributed by atoms with van der Waals surface area (Å²) in [5.41, 5.74) is 0.00566. The number of aromatic carboxylic acids is 1. The summed E-state index contributed by atoms with van der Waals surface area (Å²) in [6.07, 6.45) is 0. The minimum absolute atomic E-state index is 0.00566. The van der Waals surface area contributed by atoms with Gasteiger partial charge < -0.3 is 10.4 Å². The lowest BCUT2D eigenvalue weighted by Gasteiger charge is -1.99. The predicted molar refractivity (Wildman–Crippen MR) is 82.1 cm³/mol. The van der Waals surface area contributed by atoms with Crippen LogP contribution in [-0.4, -0.2) is 22.0 Å². The van der Waals surface area contributed by atoms with E-state index < -0.39 is 5.97 Å². The van der Waals surface area contributed by atoms with Crippen molar-refractivity contribution in [1.82, 2.24) is 10.3 Å². The maximum atomic E-state index is 12.1. The zero-order valence-electron chi connectivity index (χ0n) is 10.7. The Hall–Kier alpha value is -2.25. The first kappa shape index (κ1) is 13.7. The van der Waals surface area contributed by atoms with Crippen molar-refractivity contribution in [3.05, 3.63) is 51.3 Å². The molecule has 2 N–H and O–H groups in total. The monoisotopic (exact) mass is 318 g/mol. The van der Waals surface area contributed by atoms with E-state index >= 15 is 0 Å². The van der Waals surface area contributed by atoms with Gasteiger partial charge in [0.1, 0.15) is 5.01 Å². The summed E-state index contributed by atoms with van der Waals surface area (Å²) in [5, 5.41) is 14.6. The van der Waals surface area contributed by atoms with Crippen LogP contribution in [0, 0.1) is 0 Å². The SMILES string of the molecule is O=C(O)c1csc(CNC(=O)c2cc3ccccc3s2)n1. The number of hydrogen-bond acceptors (Lipinski definition) is 5. The van der Waals surface area contributed by atoms with Crippen LogP contribution in [-0.2, 0) is 6.54 Å². The number of carboxylic acids is 1. The summed E-state index contributed by atoms with van der Waals surface area (Å²) >= 11 is 2.64. The minimum atomic E-state index is -1.06. The topological polar surface area (TPSA) is 79.3 Å². The molecular formula is C14H10N2O3S2. The second-order valence-electron chi connectivity index (χ2n) is 4.26. The van der Waals surface area contributed by atoms with E-state index in [2.05, 4.69) is 10.3 Å². The molecule has 0 aliphatic carbocycles. The van der Waals surface area contributed by atoms with Crippen LogP contribution in [0.15, 0.2) is 35.7 Å². The molecule has 3 aromatic rings. The van der Waals surface area contributed by atoms with Gasteiger partial charge in [-0.25, -0.2) is 9.78 Å². The first-order chi connectivity index (χ1) is 10.1. The standard InChI is InChI=1S/C14H10N2O3S2/c17-13(11-5-8-3-1-2-4-10(8)21-11)15-6-12-16-9(7-20-12)14(18)19/h1-5,7H,6H2,(H,15,17)(H,18,19). The zero-order chi connectivity index (χ0) is 14.8. The molecule has 3 rings (SSSR count). The van der Waals surface area contributed by atoms with Crippen molar-refractivity contribution in [1.29, 1.82) is 0 Å². The van der Waals surface area contributed by atoms with Crippen LogP contribution in [0.1, 0.15) is 25.2 Å². The Morgan fingerprint density at radius 1 is 1.29 bits per heavy atom. The van der Waals surface area contributed by atoms with E-state index in [1.54, 1.807) is 0 Å². The van der Waals surface area contributed by atoms with Gasteiger partial charge in [0.2, 0.25) is 0 Å². The number of thiazole rings is 1. The van der Waals surface area contributed by atoms with Gasteiger partial charge in [0.05, 0.1) is 11.4 Å². The van der Waals surface area contributed by atoms with Gasteiger partial charge in [-0.3, -0.25) is 4.79 Å².